The molecule has 24 heavy (non-hydrogen) atoms. The van der Waals surface area contributed by atoms with Crippen molar-refractivity contribution in [3.05, 3.63) is 89.2 Å². The summed E-state index contributed by atoms with van der Waals surface area (Å²) in [5.41, 5.74) is 3.08. The number of nitrogens with one attached hydrogen (secondary N) is 2. The third kappa shape index (κ3) is 4.33. The molecular formula is C19H16ClN3O. The Labute approximate surface area is 145 Å². The number of carbonyl (C=O) groups is 1. The molecule has 0 fully saturated rings. The average molecular weight is 338 g/mol. The summed E-state index contributed by atoms with van der Waals surface area (Å²) in [7, 11) is 0. The van der Waals surface area contributed by atoms with Crippen LogP contribution < -0.4 is 10.6 Å². The first-order chi connectivity index (χ1) is 11.7. The number of hydrogen-bond acceptors (Lipinski definition) is 3. The van der Waals surface area contributed by atoms with Gasteiger partial charge in [0.1, 0.15) is 0 Å². The normalized spacial score (nSPS) is 10.2. The van der Waals surface area contributed by atoms with E-state index in [1.54, 1.807) is 36.5 Å². The van der Waals surface area contributed by atoms with Gasteiger partial charge in [-0.2, -0.15) is 0 Å². The van der Waals surface area contributed by atoms with Crippen LogP contribution >= 0.6 is 11.6 Å². The minimum absolute atomic E-state index is 0.229. The summed E-state index contributed by atoms with van der Waals surface area (Å²) in [4.78, 5) is 16.5. The van der Waals surface area contributed by atoms with E-state index in [2.05, 4.69) is 15.6 Å². The highest BCUT2D eigenvalue weighted by atomic mass is 35.5. The van der Waals surface area contributed by atoms with E-state index in [0.717, 1.165) is 11.3 Å². The van der Waals surface area contributed by atoms with E-state index in [0.29, 0.717) is 22.8 Å². The fourth-order valence-corrected chi connectivity index (χ4v) is 2.42. The summed E-state index contributed by atoms with van der Waals surface area (Å²) in [6.45, 7) is 0.669. The Morgan fingerprint density at radius 3 is 2.58 bits per heavy atom. The van der Waals surface area contributed by atoms with Crippen molar-refractivity contribution in [1.29, 1.82) is 0 Å². The molecular weight excluding hydrogens is 322 g/mol. The lowest BCUT2D eigenvalue weighted by atomic mass is 10.2. The first kappa shape index (κ1) is 16.0. The van der Waals surface area contributed by atoms with Crippen LogP contribution in [0.1, 0.15) is 15.9 Å². The lowest BCUT2D eigenvalue weighted by Gasteiger charge is -2.09. The van der Waals surface area contributed by atoms with Crippen LogP contribution in [0.25, 0.3) is 0 Å². The SMILES string of the molecule is O=C(Nc1cccc(Cl)c1)c1cncc(NCc2ccccc2)c1. The summed E-state index contributed by atoms with van der Waals surface area (Å²) >= 11 is 5.93. The van der Waals surface area contributed by atoms with Gasteiger partial charge in [-0.3, -0.25) is 9.78 Å². The quantitative estimate of drug-likeness (QED) is 0.715. The van der Waals surface area contributed by atoms with Gasteiger partial charge in [0.2, 0.25) is 0 Å². The predicted octanol–water partition coefficient (Wildman–Crippen LogP) is 4.60. The van der Waals surface area contributed by atoms with Crippen LogP contribution in [0.15, 0.2) is 73.1 Å². The number of halogens is 1. The second kappa shape index (κ2) is 7.62. The van der Waals surface area contributed by atoms with Crippen LogP contribution in [0.5, 0.6) is 0 Å². The van der Waals surface area contributed by atoms with E-state index in [9.17, 15) is 4.79 Å². The van der Waals surface area contributed by atoms with E-state index in [1.807, 2.05) is 30.3 Å². The number of nitrogens with zero attached hydrogens (tertiary/aromatic N) is 1. The topological polar surface area (TPSA) is 54.0 Å². The first-order valence-electron chi connectivity index (χ1n) is 7.50. The maximum absolute atomic E-state index is 12.3. The summed E-state index contributed by atoms with van der Waals surface area (Å²) in [5, 5.41) is 6.65. The summed E-state index contributed by atoms with van der Waals surface area (Å²) in [6, 6.07) is 18.8. The van der Waals surface area contributed by atoms with Gasteiger partial charge >= 0.3 is 0 Å². The maximum Gasteiger partial charge on any atom is 0.257 e. The lowest BCUT2D eigenvalue weighted by molar-refractivity contribution is 0.102. The van der Waals surface area contributed by atoms with E-state index >= 15 is 0 Å². The van der Waals surface area contributed by atoms with Crippen molar-refractivity contribution in [3.63, 3.8) is 0 Å². The number of pyridine rings is 1. The minimum atomic E-state index is -0.229. The molecule has 0 spiro atoms. The summed E-state index contributed by atoms with van der Waals surface area (Å²) < 4.78 is 0. The standard InChI is InChI=1S/C19H16ClN3O/c20-16-7-4-8-17(10-16)23-19(24)15-9-18(13-21-12-15)22-11-14-5-2-1-3-6-14/h1-10,12-13,22H,11H2,(H,23,24). The van der Waals surface area contributed by atoms with Crippen LogP contribution in [0.3, 0.4) is 0 Å². The van der Waals surface area contributed by atoms with Crippen LogP contribution in [-0.2, 0) is 6.54 Å². The predicted molar refractivity (Wildman–Crippen MR) is 97.4 cm³/mol. The molecule has 0 saturated heterocycles. The molecule has 3 rings (SSSR count). The number of carbonyl (C=O) groups excluding carboxylic acids is 1. The number of amides is 1. The molecule has 120 valence electrons. The van der Waals surface area contributed by atoms with Gasteiger partial charge in [0.15, 0.2) is 0 Å². The first-order valence-corrected chi connectivity index (χ1v) is 7.88. The maximum atomic E-state index is 12.3. The third-order valence-corrected chi connectivity index (χ3v) is 3.66. The third-order valence-electron chi connectivity index (χ3n) is 3.42. The lowest BCUT2D eigenvalue weighted by Crippen LogP contribution is -2.12. The molecule has 0 aliphatic rings. The van der Waals surface area contributed by atoms with Crippen LogP contribution in [0.4, 0.5) is 11.4 Å². The molecule has 2 N–H and O–H groups in total. The second-order valence-electron chi connectivity index (χ2n) is 5.27. The molecule has 5 heteroatoms. The molecule has 2 aromatic carbocycles. The number of rotatable bonds is 5. The molecule has 0 radical (unpaired) electrons. The zero-order valence-electron chi connectivity index (χ0n) is 12.9. The smallest absolute Gasteiger partial charge is 0.257 e. The number of anilines is 2. The van der Waals surface area contributed by atoms with Gasteiger partial charge in [-0.25, -0.2) is 0 Å². The average Bonchev–Trinajstić information content (AvgIpc) is 2.61. The molecule has 1 amide bonds. The van der Waals surface area contributed by atoms with Crippen LogP contribution in [0, 0.1) is 0 Å². The van der Waals surface area contributed by atoms with Crippen molar-refractivity contribution < 1.29 is 4.79 Å². The molecule has 0 saturated carbocycles. The van der Waals surface area contributed by atoms with E-state index < -0.39 is 0 Å². The van der Waals surface area contributed by atoms with Crippen molar-refractivity contribution in [3.8, 4) is 0 Å². The molecule has 4 nitrogen and oxygen atoms in total. The Hall–Kier alpha value is -2.85. The van der Waals surface area contributed by atoms with Crippen molar-refractivity contribution in [2.24, 2.45) is 0 Å². The Morgan fingerprint density at radius 2 is 1.79 bits per heavy atom. The Balaban J connectivity index is 1.67. The number of aromatic nitrogens is 1. The Morgan fingerprint density at radius 1 is 0.958 bits per heavy atom. The monoisotopic (exact) mass is 337 g/mol. The molecule has 0 bridgehead atoms. The summed E-state index contributed by atoms with van der Waals surface area (Å²) in [5.74, 6) is -0.229. The van der Waals surface area contributed by atoms with Crippen LogP contribution in [-0.4, -0.2) is 10.9 Å². The molecule has 0 unspecified atom stereocenters. The fraction of sp³-hybridized carbons (Fsp3) is 0.0526. The van der Waals surface area contributed by atoms with Gasteiger partial charge in [-0.1, -0.05) is 48.0 Å². The van der Waals surface area contributed by atoms with Gasteiger partial charge in [0, 0.05) is 29.6 Å². The van der Waals surface area contributed by atoms with E-state index in [1.165, 1.54) is 6.20 Å². The second-order valence-corrected chi connectivity index (χ2v) is 5.70. The molecule has 1 aromatic heterocycles. The van der Waals surface area contributed by atoms with Crippen LogP contribution in [0.2, 0.25) is 5.02 Å². The molecule has 1 heterocycles. The number of hydrogen-bond donors (Lipinski definition) is 2. The molecule has 0 aliphatic carbocycles. The van der Waals surface area contributed by atoms with Crippen molar-refractivity contribution >= 4 is 28.9 Å². The van der Waals surface area contributed by atoms with E-state index in [-0.39, 0.29) is 5.91 Å². The summed E-state index contributed by atoms with van der Waals surface area (Å²) in [6.07, 6.45) is 3.23. The molecule has 0 aliphatic heterocycles. The van der Waals surface area contributed by atoms with Gasteiger partial charge < -0.3 is 10.6 Å². The largest absolute Gasteiger partial charge is 0.380 e. The number of benzene rings is 2. The zero-order chi connectivity index (χ0) is 16.8. The fourth-order valence-electron chi connectivity index (χ4n) is 2.23. The highest BCUT2D eigenvalue weighted by Crippen LogP contribution is 2.17. The molecule has 3 aromatic rings. The van der Waals surface area contributed by atoms with Gasteiger partial charge in [0.05, 0.1) is 11.3 Å². The van der Waals surface area contributed by atoms with Crippen molar-refractivity contribution in [2.75, 3.05) is 10.6 Å². The van der Waals surface area contributed by atoms with Crippen molar-refractivity contribution in [1.82, 2.24) is 4.98 Å². The minimum Gasteiger partial charge on any atom is -0.380 e. The highest BCUT2D eigenvalue weighted by molar-refractivity contribution is 6.30. The molecule has 0 atom stereocenters. The Bertz CT molecular complexity index is 837. The van der Waals surface area contributed by atoms with Gasteiger partial charge in [-0.15, -0.1) is 0 Å². The van der Waals surface area contributed by atoms with Gasteiger partial charge in [0.25, 0.3) is 5.91 Å². The Kier molecular flexibility index (Phi) is 5.08. The highest BCUT2D eigenvalue weighted by Gasteiger charge is 2.08. The van der Waals surface area contributed by atoms with Gasteiger partial charge in [-0.05, 0) is 29.8 Å². The van der Waals surface area contributed by atoms with E-state index in [4.69, 9.17) is 11.6 Å². The van der Waals surface area contributed by atoms with Crippen molar-refractivity contribution in [2.45, 2.75) is 6.54 Å². The zero-order valence-corrected chi connectivity index (χ0v) is 13.6.